The zero-order valence-corrected chi connectivity index (χ0v) is 12.7. The van der Waals surface area contributed by atoms with Gasteiger partial charge >= 0.3 is 8.57 Å². The Kier molecular flexibility index (Phi) is 4.58. The summed E-state index contributed by atoms with van der Waals surface area (Å²) in [5, 5.41) is 0.821. The number of aliphatic imine (C=N–C) groups is 1. The van der Waals surface area contributed by atoms with Gasteiger partial charge in [-0.25, -0.2) is 0 Å². The summed E-state index contributed by atoms with van der Waals surface area (Å²) in [6.07, 6.45) is 0. The molecule has 2 rings (SSSR count). The quantitative estimate of drug-likeness (QED) is 0.608. The standard InChI is InChI=1S/C13H19FN2SSi/c1-3-16(4-2)18(14,13-15-10-11-17-13)12-8-6-5-7-9-12/h5-9H,3-4,10-11H2,1-2H3. The van der Waals surface area contributed by atoms with Crippen LogP contribution in [0.3, 0.4) is 0 Å². The van der Waals surface area contributed by atoms with Crippen molar-refractivity contribution < 1.29 is 4.11 Å². The van der Waals surface area contributed by atoms with E-state index in [1.54, 1.807) is 11.8 Å². The topological polar surface area (TPSA) is 15.6 Å². The number of benzene rings is 1. The van der Waals surface area contributed by atoms with Crippen molar-refractivity contribution in [2.24, 2.45) is 4.99 Å². The third-order valence-corrected chi connectivity index (χ3v) is 8.59. The summed E-state index contributed by atoms with van der Waals surface area (Å²) in [6, 6.07) is 9.59. The van der Waals surface area contributed by atoms with Crippen molar-refractivity contribution in [1.29, 1.82) is 0 Å². The minimum atomic E-state index is -3.28. The molecule has 0 aromatic heterocycles. The van der Waals surface area contributed by atoms with Crippen molar-refractivity contribution in [1.82, 2.24) is 4.57 Å². The lowest BCUT2D eigenvalue weighted by Gasteiger charge is -2.33. The zero-order chi connectivity index (χ0) is 13.0. The van der Waals surface area contributed by atoms with Crippen LogP contribution in [0.4, 0.5) is 4.11 Å². The van der Waals surface area contributed by atoms with Gasteiger partial charge in [0.1, 0.15) is 4.67 Å². The Balaban J connectivity index is 2.45. The van der Waals surface area contributed by atoms with Gasteiger partial charge in [-0.15, -0.1) is 11.8 Å². The summed E-state index contributed by atoms with van der Waals surface area (Å²) in [5.74, 6) is 0.919. The molecule has 1 aliphatic rings. The number of nitrogens with zero attached hydrogens (tertiary/aromatic N) is 2. The predicted octanol–water partition coefficient (Wildman–Crippen LogP) is 2.33. The van der Waals surface area contributed by atoms with Gasteiger partial charge in [0.2, 0.25) is 0 Å². The van der Waals surface area contributed by atoms with Crippen LogP contribution in [0.15, 0.2) is 35.3 Å². The number of hydrogen-bond acceptors (Lipinski definition) is 3. The molecule has 0 radical (unpaired) electrons. The Morgan fingerprint density at radius 1 is 1.28 bits per heavy atom. The highest BCUT2D eigenvalue weighted by molar-refractivity contribution is 8.18. The highest BCUT2D eigenvalue weighted by atomic mass is 32.2. The van der Waals surface area contributed by atoms with Gasteiger partial charge in [0.05, 0.1) is 0 Å². The molecule has 0 spiro atoms. The Morgan fingerprint density at radius 2 is 1.94 bits per heavy atom. The maximum Gasteiger partial charge on any atom is 0.409 e. The average Bonchev–Trinajstić information content (AvgIpc) is 2.95. The van der Waals surface area contributed by atoms with E-state index in [1.165, 1.54) is 0 Å². The number of halogens is 1. The SMILES string of the molecule is CCN(CC)[Si](F)(C1=NCCS1)c1ccccc1. The first kappa shape index (κ1) is 13.8. The molecule has 98 valence electrons. The van der Waals surface area contributed by atoms with E-state index in [1.807, 2.05) is 48.7 Å². The minimum Gasteiger partial charge on any atom is -0.291 e. The van der Waals surface area contributed by atoms with Gasteiger partial charge < -0.3 is 0 Å². The van der Waals surface area contributed by atoms with E-state index in [0.29, 0.717) is 0 Å². The fraction of sp³-hybridized carbons (Fsp3) is 0.462. The van der Waals surface area contributed by atoms with E-state index >= 15 is 4.11 Å². The molecule has 0 fully saturated rings. The van der Waals surface area contributed by atoms with Gasteiger partial charge in [0, 0.05) is 12.3 Å². The molecule has 0 amide bonds. The molecular weight excluding hydrogens is 263 g/mol. The fourth-order valence-electron chi connectivity index (χ4n) is 2.30. The molecule has 18 heavy (non-hydrogen) atoms. The van der Waals surface area contributed by atoms with Crippen LogP contribution in [-0.2, 0) is 0 Å². The molecule has 0 saturated heterocycles. The second kappa shape index (κ2) is 5.99. The van der Waals surface area contributed by atoms with Crippen molar-refractivity contribution in [3.63, 3.8) is 0 Å². The maximum atomic E-state index is 15.8. The van der Waals surface area contributed by atoms with Gasteiger partial charge in [0.15, 0.2) is 0 Å². The highest BCUT2D eigenvalue weighted by Crippen LogP contribution is 2.25. The summed E-state index contributed by atoms with van der Waals surface area (Å²) >= 11 is 1.60. The predicted molar refractivity (Wildman–Crippen MR) is 80.6 cm³/mol. The van der Waals surface area contributed by atoms with Crippen molar-refractivity contribution in [3.05, 3.63) is 30.3 Å². The third kappa shape index (κ3) is 2.39. The first-order chi connectivity index (χ1) is 8.73. The van der Waals surface area contributed by atoms with Gasteiger partial charge in [-0.05, 0) is 18.3 Å². The molecule has 1 atom stereocenters. The van der Waals surface area contributed by atoms with Crippen molar-refractivity contribution in [2.75, 3.05) is 25.4 Å². The molecule has 1 heterocycles. The Morgan fingerprint density at radius 3 is 2.44 bits per heavy atom. The number of hydrogen-bond donors (Lipinski definition) is 0. The van der Waals surface area contributed by atoms with Gasteiger partial charge in [0.25, 0.3) is 0 Å². The second-order valence-electron chi connectivity index (χ2n) is 4.20. The third-order valence-electron chi connectivity index (χ3n) is 3.22. The van der Waals surface area contributed by atoms with Gasteiger partial charge in [-0.2, -0.15) is 0 Å². The summed E-state index contributed by atoms with van der Waals surface area (Å²) in [7, 11) is -3.28. The molecule has 0 N–H and O–H groups in total. The van der Waals surface area contributed by atoms with Crippen LogP contribution in [0.25, 0.3) is 0 Å². The Labute approximate surface area is 114 Å². The van der Waals surface area contributed by atoms with E-state index in [0.717, 1.165) is 35.2 Å². The lowest BCUT2D eigenvalue weighted by atomic mass is 10.4. The van der Waals surface area contributed by atoms with Gasteiger partial charge in [-0.3, -0.25) is 13.7 Å². The fourth-order valence-corrected chi connectivity index (χ4v) is 7.38. The first-order valence-electron chi connectivity index (χ1n) is 6.40. The van der Waals surface area contributed by atoms with Crippen LogP contribution in [0.2, 0.25) is 0 Å². The molecule has 1 aromatic carbocycles. The monoisotopic (exact) mass is 282 g/mol. The second-order valence-corrected chi connectivity index (χ2v) is 8.57. The smallest absolute Gasteiger partial charge is 0.291 e. The minimum absolute atomic E-state index is 0.730. The molecule has 1 aromatic rings. The molecule has 5 heteroatoms. The van der Waals surface area contributed by atoms with E-state index in [9.17, 15) is 0 Å². The summed E-state index contributed by atoms with van der Waals surface area (Å²) in [4.78, 5) is 4.43. The number of rotatable bonds is 5. The Bertz CT molecular complexity index is 422. The Hall–Kier alpha value is -0.653. The molecule has 2 nitrogen and oxygen atoms in total. The molecule has 0 bridgehead atoms. The van der Waals surface area contributed by atoms with Crippen molar-refractivity contribution >= 4 is 30.2 Å². The summed E-state index contributed by atoms with van der Waals surface area (Å²) < 4.78 is 18.5. The van der Waals surface area contributed by atoms with E-state index < -0.39 is 8.57 Å². The van der Waals surface area contributed by atoms with Crippen LogP contribution < -0.4 is 5.19 Å². The van der Waals surface area contributed by atoms with Crippen LogP contribution in [0, 0.1) is 0 Å². The molecule has 0 aliphatic carbocycles. The number of thioether (sulfide) groups is 1. The lowest BCUT2D eigenvalue weighted by molar-refractivity contribution is 0.440. The van der Waals surface area contributed by atoms with Crippen molar-refractivity contribution in [2.45, 2.75) is 13.8 Å². The maximum absolute atomic E-state index is 15.8. The lowest BCUT2D eigenvalue weighted by Crippen LogP contribution is -2.63. The van der Waals surface area contributed by atoms with E-state index in [2.05, 4.69) is 4.99 Å². The molecular formula is C13H19FN2SSi. The van der Waals surface area contributed by atoms with E-state index in [-0.39, 0.29) is 0 Å². The van der Waals surface area contributed by atoms with E-state index in [4.69, 9.17) is 0 Å². The van der Waals surface area contributed by atoms with Crippen LogP contribution >= 0.6 is 11.8 Å². The first-order valence-corrected chi connectivity index (χ1v) is 9.21. The summed E-state index contributed by atoms with van der Waals surface area (Å²) in [5.41, 5.74) is 0. The highest BCUT2D eigenvalue weighted by Gasteiger charge is 2.49. The van der Waals surface area contributed by atoms with Crippen molar-refractivity contribution in [3.8, 4) is 0 Å². The van der Waals surface area contributed by atoms with Crippen LogP contribution in [0.1, 0.15) is 13.8 Å². The molecule has 1 aliphatic heterocycles. The normalized spacial score (nSPS) is 18.8. The van der Waals surface area contributed by atoms with Crippen LogP contribution in [0.5, 0.6) is 0 Å². The summed E-state index contributed by atoms with van der Waals surface area (Å²) in [6.45, 7) is 6.26. The average molecular weight is 282 g/mol. The largest absolute Gasteiger partial charge is 0.409 e. The zero-order valence-electron chi connectivity index (χ0n) is 10.9. The van der Waals surface area contributed by atoms with Crippen LogP contribution in [-0.4, -0.2) is 43.2 Å². The van der Waals surface area contributed by atoms with Gasteiger partial charge in [-0.1, -0.05) is 44.2 Å². The molecule has 0 saturated carbocycles. The molecule has 1 unspecified atom stereocenters.